The summed E-state index contributed by atoms with van der Waals surface area (Å²) >= 11 is 8.39. The van der Waals surface area contributed by atoms with Gasteiger partial charge in [-0.05, 0) is 63.1 Å². The van der Waals surface area contributed by atoms with E-state index in [-0.39, 0.29) is 23.3 Å². The molecule has 1 amide bonds. The standard InChI is InChI=1S/C22H27ClN2O5S3/c1-2-30-22(27)19-15-8-4-3-5-9-16(15)31-21(19)24-20(26)14-7-6-12-25(13-14)33(28,29)18-11-10-17(23)32-18/h10-11,14H,2-9,12-13H2,1H3,(H,24,26). The number of carbonyl (C=O) groups is 2. The highest BCUT2D eigenvalue weighted by molar-refractivity contribution is 7.91. The van der Waals surface area contributed by atoms with Crippen LogP contribution in [0.2, 0.25) is 4.34 Å². The van der Waals surface area contributed by atoms with Gasteiger partial charge < -0.3 is 10.1 Å². The fraction of sp³-hybridized carbons (Fsp3) is 0.545. The molecule has 0 saturated carbocycles. The molecule has 4 rings (SSSR count). The number of sulfonamides is 1. The maximum Gasteiger partial charge on any atom is 0.341 e. The van der Waals surface area contributed by atoms with E-state index in [1.807, 2.05) is 0 Å². The minimum atomic E-state index is -3.70. The third kappa shape index (κ3) is 5.30. The molecule has 2 aromatic heterocycles. The highest BCUT2D eigenvalue weighted by atomic mass is 35.5. The van der Waals surface area contributed by atoms with Gasteiger partial charge in [0.15, 0.2) is 0 Å². The first-order chi connectivity index (χ1) is 15.8. The number of piperidine rings is 1. The van der Waals surface area contributed by atoms with Crippen LogP contribution in [0.15, 0.2) is 16.3 Å². The quantitative estimate of drug-likeness (QED) is 0.421. The van der Waals surface area contributed by atoms with Gasteiger partial charge in [-0.25, -0.2) is 13.2 Å². The van der Waals surface area contributed by atoms with Crippen LogP contribution in [0, 0.1) is 5.92 Å². The van der Waals surface area contributed by atoms with E-state index >= 15 is 0 Å². The third-order valence-electron chi connectivity index (χ3n) is 6.04. The molecule has 2 aliphatic rings. The van der Waals surface area contributed by atoms with Crippen molar-refractivity contribution in [1.29, 1.82) is 0 Å². The lowest BCUT2D eigenvalue weighted by Gasteiger charge is -2.30. The molecule has 33 heavy (non-hydrogen) atoms. The lowest BCUT2D eigenvalue weighted by molar-refractivity contribution is -0.120. The van der Waals surface area contributed by atoms with E-state index in [0.717, 1.165) is 53.9 Å². The number of aryl methyl sites for hydroxylation is 1. The Bertz CT molecular complexity index is 1140. The Morgan fingerprint density at radius 1 is 1.18 bits per heavy atom. The van der Waals surface area contributed by atoms with E-state index in [9.17, 15) is 18.0 Å². The molecule has 1 saturated heterocycles. The monoisotopic (exact) mass is 530 g/mol. The van der Waals surface area contributed by atoms with Crippen LogP contribution in [0.5, 0.6) is 0 Å². The fourth-order valence-electron chi connectivity index (χ4n) is 4.40. The normalized spacial score (nSPS) is 19.5. The van der Waals surface area contributed by atoms with E-state index in [0.29, 0.717) is 34.3 Å². The molecule has 1 aliphatic heterocycles. The average Bonchev–Trinajstić information content (AvgIpc) is 3.30. The summed E-state index contributed by atoms with van der Waals surface area (Å²) in [5.41, 5.74) is 1.47. The minimum Gasteiger partial charge on any atom is -0.462 e. The van der Waals surface area contributed by atoms with Crippen LogP contribution in [0.25, 0.3) is 0 Å². The van der Waals surface area contributed by atoms with Crippen LogP contribution in [-0.4, -0.2) is 44.3 Å². The Morgan fingerprint density at radius 3 is 2.70 bits per heavy atom. The molecule has 1 N–H and O–H groups in total. The summed E-state index contributed by atoms with van der Waals surface area (Å²) in [7, 11) is -3.70. The second-order valence-electron chi connectivity index (χ2n) is 8.24. The van der Waals surface area contributed by atoms with Gasteiger partial charge in [-0.1, -0.05) is 18.0 Å². The summed E-state index contributed by atoms with van der Waals surface area (Å²) in [5, 5.41) is 3.48. The number of carbonyl (C=O) groups excluding carboxylic acids is 2. The number of nitrogens with one attached hydrogen (secondary N) is 1. The van der Waals surface area contributed by atoms with E-state index in [1.54, 1.807) is 13.0 Å². The molecule has 1 unspecified atom stereocenters. The number of anilines is 1. The van der Waals surface area contributed by atoms with Gasteiger partial charge >= 0.3 is 5.97 Å². The van der Waals surface area contributed by atoms with Crippen LogP contribution in [-0.2, 0) is 32.4 Å². The molecular weight excluding hydrogens is 504 g/mol. The predicted molar refractivity (Wildman–Crippen MR) is 131 cm³/mol. The van der Waals surface area contributed by atoms with Crippen molar-refractivity contribution in [1.82, 2.24) is 4.31 Å². The SMILES string of the molecule is CCOC(=O)c1c(NC(=O)C2CCCN(S(=O)(=O)c3ccc(Cl)s3)C2)sc2c1CCCCC2. The van der Waals surface area contributed by atoms with Crippen molar-refractivity contribution in [3.63, 3.8) is 0 Å². The number of hydrogen-bond acceptors (Lipinski definition) is 7. The van der Waals surface area contributed by atoms with E-state index < -0.39 is 21.9 Å². The van der Waals surface area contributed by atoms with Crippen molar-refractivity contribution in [3.8, 4) is 0 Å². The number of nitrogens with zero attached hydrogens (tertiary/aromatic N) is 1. The second-order valence-corrected chi connectivity index (χ2v) is 13.2. The molecule has 0 radical (unpaired) electrons. The van der Waals surface area contributed by atoms with Crippen LogP contribution in [0.3, 0.4) is 0 Å². The third-order valence-corrected chi connectivity index (χ3v) is 10.8. The Hall–Kier alpha value is -1.46. The number of halogens is 1. The first kappa shape index (κ1) is 24.7. The van der Waals surface area contributed by atoms with E-state index in [2.05, 4.69) is 5.32 Å². The highest BCUT2D eigenvalue weighted by Crippen LogP contribution is 2.39. The second kappa shape index (κ2) is 10.4. The fourth-order valence-corrected chi connectivity index (χ4v) is 8.84. The number of fused-ring (bicyclic) bond motifs is 1. The first-order valence-electron chi connectivity index (χ1n) is 11.2. The summed E-state index contributed by atoms with van der Waals surface area (Å²) < 4.78 is 33.2. The Balaban J connectivity index is 1.54. The van der Waals surface area contributed by atoms with Gasteiger partial charge in [0.1, 0.15) is 9.21 Å². The van der Waals surface area contributed by atoms with Crippen LogP contribution in [0.4, 0.5) is 5.00 Å². The Morgan fingerprint density at radius 2 is 1.97 bits per heavy atom. The smallest absolute Gasteiger partial charge is 0.341 e. The molecular formula is C22H27ClN2O5S3. The molecule has 7 nitrogen and oxygen atoms in total. The van der Waals surface area contributed by atoms with Crippen molar-refractivity contribution >= 4 is 61.2 Å². The van der Waals surface area contributed by atoms with Crippen molar-refractivity contribution in [2.75, 3.05) is 25.0 Å². The van der Waals surface area contributed by atoms with Gasteiger partial charge in [0.05, 0.1) is 22.4 Å². The summed E-state index contributed by atoms with van der Waals surface area (Å²) in [5.74, 6) is -1.17. The highest BCUT2D eigenvalue weighted by Gasteiger charge is 2.35. The molecule has 0 bridgehead atoms. The topological polar surface area (TPSA) is 92.8 Å². The van der Waals surface area contributed by atoms with Crippen molar-refractivity contribution in [3.05, 3.63) is 32.5 Å². The largest absolute Gasteiger partial charge is 0.462 e. The maximum atomic E-state index is 13.2. The van der Waals surface area contributed by atoms with Gasteiger partial charge in [-0.15, -0.1) is 22.7 Å². The molecule has 0 spiro atoms. The lowest BCUT2D eigenvalue weighted by Crippen LogP contribution is -2.43. The summed E-state index contributed by atoms with van der Waals surface area (Å²) in [4.78, 5) is 27.1. The molecule has 1 aliphatic carbocycles. The molecule has 1 fully saturated rings. The van der Waals surface area contributed by atoms with Crippen LogP contribution in [0.1, 0.15) is 59.8 Å². The first-order valence-corrected chi connectivity index (χ1v) is 14.6. The summed E-state index contributed by atoms with van der Waals surface area (Å²) in [6.07, 6.45) is 6.05. The molecule has 0 aromatic carbocycles. The molecule has 180 valence electrons. The van der Waals surface area contributed by atoms with Crippen molar-refractivity contribution in [2.45, 2.75) is 56.1 Å². The molecule has 3 heterocycles. The Labute approximate surface area is 207 Å². The summed E-state index contributed by atoms with van der Waals surface area (Å²) in [6, 6.07) is 3.06. The number of thiophene rings is 2. The van der Waals surface area contributed by atoms with Crippen LogP contribution < -0.4 is 5.32 Å². The van der Waals surface area contributed by atoms with Crippen LogP contribution >= 0.6 is 34.3 Å². The Kier molecular flexibility index (Phi) is 7.80. The molecule has 1 atom stereocenters. The van der Waals surface area contributed by atoms with Gasteiger partial charge in [0, 0.05) is 18.0 Å². The zero-order chi connectivity index (χ0) is 23.6. The average molecular weight is 531 g/mol. The zero-order valence-corrected chi connectivity index (χ0v) is 21.6. The molecule has 11 heteroatoms. The predicted octanol–water partition coefficient (Wildman–Crippen LogP) is 4.95. The van der Waals surface area contributed by atoms with Gasteiger partial charge in [-0.3, -0.25) is 4.79 Å². The van der Waals surface area contributed by atoms with Crippen molar-refractivity contribution in [2.24, 2.45) is 5.92 Å². The number of amides is 1. The molecule has 2 aromatic rings. The van der Waals surface area contributed by atoms with E-state index in [1.165, 1.54) is 21.7 Å². The number of ether oxygens (including phenoxy) is 1. The lowest BCUT2D eigenvalue weighted by atomic mass is 9.98. The minimum absolute atomic E-state index is 0.101. The van der Waals surface area contributed by atoms with E-state index in [4.69, 9.17) is 16.3 Å². The van der Waals surface area contributed by atoms with Gasteiger partial charge in [0.2, 0.25) is 5.91 Å². The number of hydrogen-bond donors (Lipinski definition) is 1. The van der Waals surface area contributed by atoms with Crippen molar-refractivity contribution < 1.29 is 22.7 Å². The van der Waals surface area contributed by atoms with Gasteiger partial charge in [-0.2, -0.15) is 4.31 Å². The summed E-state index contributed by atoms with van der Waals surface area (Å²) in [6.45, 7) is 2.49. The van der Waals surface area contributed by atoms with Gasteiger partial charge in [0.25, 0.3) is 10.0 Å². The maximum absolute atomic E-state index is 13.2. The zero-order valence-electron chi connectivity index (χ0n) is 18.4. The number of rotatable bonds is 6. The number of esters is 1.